The fourth-order valence-electron chi connectivity index (χ4n) is 1.69. The number of sulfonamides is 1. The van der Waals surface area contributed by atoms with Gasteiger partial charge in [-0.25, -0.2) is 13.1 Å². The van der Waals surface area contributed by atoms with Crippen LogP contribution in [0.25, 0.3) is 0 Å². The summed E-state index contributed by atoms with van der Waals surface area (Å²) in [5, 5.41) is 0.235. The Kier molecular flexibility index (Phi) is 5.73. The van der Waals surface area contributed by atoms with Gasteiger partial charge in [-0.15, -0.1) is 0 Å². The Morgan fingerprint density at radius 1 is 1.53 bits per heavy atom. The number of thiocarbonyl (C=S) groups is 1. The van der Waals surface area contributed by atoms with Gasteiger partial charge in [-0.3, -0.25) is 0 Å². The molecule has 1 aromatic rings. The minimum atomic E-state index is -3.57. The molecule has 1 rings (SSSR count). The summed E-state index contributed by atoms with van der Waals surface area (Å²) < 4.78 is 26.8. The third-order valence-electron chi connectivity index (χ3n) is 2.59. The fraction of sp³-hybridized carbons (Fsp3) is 0.417. The van der Waals surface area contributed by atoms with Crippen LogP contribution in [0.4, 0.5) is 0 Å². The van der Waals surface area contributed by atoms with Crippen molar-refractivity contribution >= 4 is 38.8 Å². The summed E-state index contributed by atoms with van der Waals surface area (Å²) in [5.74, 6) is 0. The maximum absolute atomic E-state index is 12.1. The van der Waals surface area contributed by atoms with Crippen LogP contribution < -0.4 is 10.5 Å². The number of rotatable bonds is 6. The van der Waals surface area contributed by atoms with Crippen LogP contribution in [0, 0.1) is 0 Å². The highest BCUT2D eigenvalue weighted by Crippen LogP contribution is 2.21. The molecule has 0 spiro atoms. The first kappa shape index (κ1) is 16.4. The van der Waals surface area contributed by atoms with Crippen molar-refractivity contribution in [2.45, 2.75) is 37.6 Å². The fourth-order valence-corrected chi connectivity index (χ4v) is 3.57. The third-order valence-corrected chi connectivity index (χ3v) is 4.71. The molecule has 4 nitrogen and oxygen atoms in total. The van der Waals surface area contributed by atoms with Gasteiger partial charge < -0.3 is 5.73 Å². The van der Waals surface area contributed by atoms with E-state index in [0.29, 0.717) is 5.56 Å². The Hall–Kier alpha value is -0.690. The van der Waals surface area contributed by atoms with Gasteiger partial charge in [-0.2, -0.15) is 0 Å². The van der Waals surface area contributed by atoms with E-state index >= 15 is 0 Å². The van der Waals surface area contributed by atoms with Crippen molar-refractivity contribution in [3.05, 3.63) is 28.8 Å². The van der Waals surface area contributed by atoms with Gasteiger partial charge in [0.1, 0.15) is 4.99 Å². The summed E-state index contributed by atoms with van der Waals surface area (Å²) in [4.78, 5) is 0.252. The lowest BCUT2D eigenvalue weighted by Crippen LogP contribution is -2.32. The smallest absolute Gasteiger partial charge is 0.240 e. The summed E-state index contributed by atoms with van der Waals surface area (Å²) in [5.41, 5.74) is 5.95. The number of hydrogen-bond acceptors (Lipinski definition) is 3. The lowest BCUT2D eigenvalue weighted by Gasteiger charge is -2.14. The minimum Gasteiger partial charge on any atom is -0.389 e. The maximum atomic E-state index is 12.1. The maximum Gasteiger partial charge on any atom is 0.240 e. The minimum absolute atomic E-state index is 0.112. The Labute approximate surface area is 124 Å². The molecule has 0 saturated carbocycles. The first-order valence-electron chi connectivity index (χ1n) is 5.89. The average molecular weight is 321 g/mol. The number of hydrogen-bond donors (Lipinski definition) is 2. The average Bonchev–Trinajstić information content (AvgIpc) is 2.27. The van der Waals surface area contributed by atoms with Crippen molar-refractivity contribution in [3.63, 3.8) is 0 Å². The monoisotopic (exact) mass is 320 g/mol. The van der Waals surface area contributed by atoms with Crippen LogP contribution in [0.5, 0.6) is 0 Å². The molecule has 1 unspecified atom stereocenters. The molecular weight excluding hydrogens is 304 g/mol. The molecule has 3 N–H and O–H groups in total. The number of halogens is 1. The van der Waals surface area contributed by atoms with Crippen LogP contribution in [-0.4, -0.2) is 19.4 Å². The standard InChI is InChI=1S/C12H17ClN2O2S2/c1-3-4-8(2)15-19(16,17)9-5-6-10(12(14)18)11(13)7-9/h5-8,15H,3-4H2,1-2H3,(H2,14,18). The number of nitrogens with one attached hydrogen (secondary N) is 1. The molecule has 19 heavy (non-hydrogen) atoms. The molecule has 0 aliphatic heterocycles. The molecule has 0 aliphatic rings. The zero-order chi connectivity index (χ0) is 14.6. The van der Waals surface area contributed by atoms with Gasteiger partial charge in [0.05, 0.1) is 9.92 Å². The molecule has 1 atom stereocenters. The van der Waals surface area contributed by atoms with Gasteiger partial charge in [-0.1, -0.05) is 37.2 Å². The highest BCUT2D eigenvalue weighted by Gasteiger charge is 2.18. The van der Waals surface area contributed by atoms with Crippen molar-refractivity contribution in [2.24, 2.45) is 5.73 Å². The molecule has 0 amide bonds. The second-order valence-corrected chi connectivity index (χ2v) is 6.88. The molecule has 0 fully saturated rings. The predicted octanol–water partition coefficient (Wildman–Crippen LogP) is 2.44. The molecule has 106 valence electrons. The van der Waals surface area contributed by atoms with E-state index in [1.54, 1.807) is 0 Å². The highest BCUT2D eigenvalue weighted by atomic mass is 35.5. The van der Waals surface area contributed by atoms with Crippen molar-refractivity contribution in [3.8, 4) is 0 Å². The van der Waals surface area contributed by atoms with Crippen LogP contribution in [0.1, 0.15) is 32.3 Å². The van der Waals surface area contributed by atoms with Gasteiger partial charge in [0.2, 0.25) is 10.0 Å². The van der Waals surface area contributed by atoms with E-state index < -0.39 is 10.0 Å². The number of benzene rings is 1. The molecule has 0 radical (unpaired) electrons. The largest absolute Gasteiger partial charge is 0.389 e. The summed E-state index contributed by atoms with van der Waals surface area (Å²) in [6, 6.07) is 4.20. The Morgan fingerprint density at radius 2 is 2.16 bits per heavy atom. The van der Waals surface area contributed by atoms with Crippen molar-refractivity contribution in [1.82, 2.24) is 4.72 Å². The van der Waals surface area contributed by atoms with E-state index in [-0.39, 0.29) is 20.9 Å². The topological polar surface area (TPSA) is 72.2 Å². The van der Waals surface area contributed by atoms with Crippen LogP contribution in [0.15, 0.2) is 23.1 Å². The lowest BCUT2D eigenvalue weighted by atomic mass is 10.2. The first-order chi connectivity index (χ1) is 8.77. The molecule has 0 bridgehead atoms. The quantitative estimate of drug-likeness (QED) is 0.790. The van der Waals surface area contributed by atoms with Gasteiger partial charge >= 0.3 is 0 Å². The SMILES string of the molecule is CCCC(C)NS(=O)(=O)c1ccc(C(N)=S)c(Cl)c1. The van der Waals surface area contributed by atoms with E-state index in [1.807, 2.05) is 13.8 Å². The molecule has 0 saturated heterocycles. The van der Waals surface area contributed by atoms with Gasteiger partial charge in [0.15, 0.2) is 0 Å². The summed E-state index contributed by atoms with van der Waals surface area (Å²) in [6.07, 6.45) is 1.68. The van der Waals surface area contributed by atoms with Gasteiger partial charge in [0, 0.05) is 11.6 Å². The molecule has 0 aliphatic carbocycles. The lowest BCUT2D eigenvalue weighted by molar-refractivity contribution is 0.544. The molecule has 0 heterocycles. The third kappa shape index (κ3) is 4.42. The van der Waals surface area contributed by atoms with E-state index in [9.17, 15) is 8.42 Å². The molecular formula is C12H17ClN2O2S2. The number of nitrogens with two attached hydrogens (primary N) is 1. The normalized spacial score (nSPS) is 13.2. The first-order valence-corrected chi connectivity index (χ1v) is 8.16. The molecule has 7 heteroatoms. The van der Waals surface area contributed by atoms with E-state index in [1.165, 1.54) is 18.2 Å². The second-order valence-electron chi connectivity index (χ2n) is 4.32. The van der Waals surface area contributed by atoms with Crippen LogP contribution in [0.3, 0.4) is 0 Å². The van der Waals surface area contributed by atoms with E-state index in [2.05, 4.69) is 4.72 Å². The van der Waals surface area contributed by atoms with E-state index in [4.69, 9.17) is 29.6 Å². The van der Waals surface area contributed by atoms with Gasteiger partial charge in [-0.05, 0) is 31.5 Å². The van der Waals surface area contributed by atoms with Crippen LogP contribution in [-0.2, 0) is 10.0 Å². The Balaban J connectivity index is 3.03. The van der Waals surface area contributed by atoms with Crippen LogP contribution in [0.2, 0.25) is 5.02 Å². The van der Waals surface area contributed by atoms with Crippen LogP contribution >= 0.6 is 23.8 Å². The van der Waals surface area contributed by atoms with Gasteiger partial charge in [0.25, 0.3) is 0 Å². The summed E-state index contributed by atoms with van der Waals surface area (Å²) >= 11 is 10.8. The van der Waals surface area contributed by atoms with E-state index in [0.717, 1.165) is 12.8 Å². The highest BCUT2D eigenvalue weighted by molar-refractivity contribution is 7.89. The predicted molar refractivity (Wildman–Crippen MR) is 82.0 cm³/mol. The van der Waals surface area contributed by atoms with Crippen molar-refractivity contribution < 1.29 is 8.42 Å². The zero-order valence-corrected chi connectivity index (χ0v) is 13.2. The second kappa shape index (κ2) is 6.65. The molecule has 0 aromatic heterocycles. The van der Waals surface area contributed by atoms with Crippen molar-refractivity contribution in [1.29, 1.82) is 0 Å². The van der Waals surface area contributed by atoms with Crippen molar-refractivity contribution in [2.75, 3.05) is 0 Å². The Bertz CT molecular complexity index is 573. The summed E-state index contributed by atoms with van der Waals surface area (Å²) in [7, 11) is -3.57. The summed E-state index contributed by atoms with van der Waals surface area (Å²) in [6.45, 7) is 3.82. The molecule has 1 aromatic carbocycles. The Morgan fingerprint density at radius 3 is 2.63 bits per heavy atom. The zero-order valence-electron chi connectivity index (χ0n) is 10.8.